The normalized spacial score (nSPS) is 10.5. The van der Waals surface area contributed by atoms with E-state index in [4.69, 9.17) is 14.2 Å². The van der Waals surface area contributed by atoms with Gasteiger partial charge in [-0.1, -0.05) is 36.4 Å². The molecule has 0 saturated carbocycles. The predicted molar refractivity (Wildman–Crippen MR) is 139 cm³/mol. The van der Waals surface area contributed by atoms with Gasteiger partial charge in [-0.3, -0.25) is 14.4 Å². The Morgan fingerprint density at radius 2 is 0.718 bits per heavy atom. The van der Waals surface area contributed by atoms with E-state index in [1.807, 2.05) is 0 Å². The summed E-state index contributed by atoms with van der Waals surface area (Å²) in [6, 6.07) is 17.5. The number of benzene rings is 3. The summed E-state index contributed by atoms with van der Waals surface area (Å²) in [5, 5.41) is 0. The van der Waals surface area contributed by atoms with Crippen molar-refractivity contribution in [3.05, 3.63) is 106 Å². The molecule has 200 valence electrons. The second-order valence-electron chi connectivity index (χ2n) is 8.62. The van der Waals surface area contributed by atoms with Crippen molar-refractivity contribution in [3.63, 3.8) is 0 Å². The van der Waals surface area contributed by atoms with E-state index in [-0.39, 0.29) is 34.0 Å². The Balaban J connectivity index is 1.70. The maximum atomic E-state index is 12.7. The van der Waals surface area contributed by atoms with Crippen molar-refractivity contribution in [2.45, 2.75) is 26.9 Å². The summed E-state index contributed by atoms with van der Waals surface area (Å²) in [6.45, 7) is 3.34. The Hall–Kier alpha value is -4.92. The summed E-state index contributed by atoms with van der Waals surface area (Å²) in [4.78, 5) is 72.2. The second-order valence-corrected chi connectivity index (χ2v) is 8.62. The number of carbonyl (C=O) groups is 6. The van der Waals surface area contributed by atoms with Crippen molar-refractivity contribution in [1.82, 2.24) is 0 Å². The summed E-state index contributed by atoms with van der Waals surface area (Å²) < 4.78 is 16.0. The first-order valence-corrected chi connectivity index (χ1v) is 11.9. The molecule has 0 heterocycles. The molecule has 39 heavy (non-hydrogen) atoms. The lowest BCUT2D eigenvalue weighted by atomic mass is 10.1. The standard InChI is InChI=1S/C30H26O9/c1-18(31)21-4-10-24(11-5-21)28(34)37-16-27(39-30(36)26-14-8-23(9-15-26)20(3)33)17-38-29(35)25-12-6-22(7-13-25)19(2)32/h4-15,27H,16-17H2,1-3H3. The molecule has 3 rings (SSSR count). The molecule has 0 N–H and O–H groups in total. The van der Waals surface area contributed by atoms with Crippen LogP contribution >= 0.6 is 0 Å². The van der Waals surface area contributed by atoms with E-state index < -0.39 is 37.2 Å². The number of ketones is 3. The molecule has 9 nitrogen and oxygen atoms in total. The zero-order valence-electron chi connectivity index (χ0n) is 21.6. The largest absolute Gasteiger partial charge is 0.458 e. The van der Waals surface area contributed by atoms with Gasteiger partial charge in [-0.05, 0) is 57.2 Å². The lowest BCUT2D eigenvalue weighted by Gasteiger charge is -2.18. The molecule has 0 saturated heterocycles. The minimum atomic E-state index is -1.16. The van der Waals surface area contributed by atoms with Crippen LogP contribution in [-0.2, 0) is 14.2 Å². The highest BCUT2D eigenvalue weighted by molar-refractivity contribution is 5.97. The molecule has 0 aliphatic rings. The van der Waals surface area contributed by atoms with Crippen LogP contribution in [0.15, 0.2) is 72.8 Å². The van der Waals surface area contributed by atoms with Crippen LogP contribution in [-0.4, -0.2) is 54.6 Å². The molecular formula is C30H26O9. The van der Waals surface area contributed by atoms with Crippen LogP contribution in [0, 0.1) is 0 Å². The average Bonchev–Trinajstić information content (AvgIpc) is 2.94. The summed E-state index contributed by atoms with van der Waals surface area (Å²) in [5.74, 6) is -2.73. The molecule has 0 aliphatic heterocycles. The van der Waals surface area contributed by atoms with E-state index in [2.05, 4.69) is 0 Å². The molecule has 0 aromatic heterocycles. The number of hydrogen-bond acceptors (Lipinski definition) is 9. The Morgan fingerprint density at radius 3 is 1.00 bits per heavy atom. The number of esters is 3. The van der Waals surface area contributed by atoms with E-state index in [9.17, 15) is 28.8 Å². The van der Waals surface area contributed by atoms with Gasteiger partial charge in [0.05, 0.1) is 16.7 Å². The second kappa shape index (κ2) is 13.0. The molecule has 0 fully saturated rings. The molecule has 0 radical (unpaired) electrons. The minimum Gasteiger partial charge on any atom is -0.458 e. The van der Waals surface area contributed by atoms with Gasteiger partial charge in [0.15, 0.2) is 23.5 Å². The fourth-order valence-electron chi connectivity index (χ4n) is 3.36. The fourth-order valence-corrected chi connectivity index (χ4v) is 3.36. The van der Waals surface area contributed by atoms with Crippen molar-refractivity contribution < 1.29 is 43.0 Å². The van der Waals surface area contributed by atoms with Crippen LogP contribution in [0.2, 0.25) is 0 Å². The van der Waals surface area contributed by atoms with Gasteiger partial charge < -0.3 is 14.2 Å². The zero-order valence-corrected chi connectivity index (χ0v) is 21.6. The monoisotopic (exact) mass is 530 g/mol. The highest BCUT2D eigenvalue weighted by atomic mass is 16.6. The van der Waals surface area contributed by atoms with Crippen LogP contribution in [0.5, 0.6) is 0 Å². The summed E-state index contributed by atoms with van der Waals surface area (Å²) in [5.41, 5.74) is 1.76. The third kappa shape index (κ3) is 8.03. The molecule has 0 aliphatic carbocycles. The number of carbonyl (C=O) groups excluding carboxylic acids is 6. The molecule has 0 spiro atoms. The first-order valence-electron chi connectivity index (χ1n) is 11.9. The summed E-state index contributed by atoms with van der Waals surface area (Å²) in [6.07, 6.45) is -1.16. The van der Waals surface area contributed by atoms with Gasteiger partial charge >= 0.3 is 17.9 Å². The SMILES string of the molecule is CC(=O)c1ccc(C(=O)OCC(COC(=O)c2ccc(C(C)=O)cc2)OC(=O)c2ccc(C(C)=O)cc2)cc1. The first-order chi connectivity index (χ1) is 18.5. The smallest absolute Gasteiger partial charge is 0.338 e. The summed E-state index contributed by atoms with van der Waals surface area (Å²) >= 11 is 0. The van der Waals surface area contributed by atoms with Crippen LogP contribution < -0.4 is 0 Å². The highest BCUT2D eigenvalue weighted by Gasteiger charge is 2.22. The molecular weight excluding hydrogens is 504 g/mol. The van der Waals surface area contributed by atoms with E-state index >= 15 is 0 Å². The van der Waals surface area contributed by atoms with E-state index in [1.165, 1.54) is 93.6 Å². The Kier molecular flexibility index (Phi) is 9.58. The Labute approximate surface area is 224 Å². The molecule has 0 amide bonds. The van der Waals surface area contributed by atoms with Gasteiger partial charge in [-0.15, -0.1) is 0 Å². The Bertz CT molecular complexity index is 1310. The predicted octanol–water partition coefficient (Wildman–Crippen LogP) is 4.53. The van der Waals surface area contributed by atoms with Crippen LogP contribution in [0.25, 0.3) is 0 Å². The van der Waals surface area contributed by atoms with Gasteiger partial charge in [0.2, 0.25) is 0 Å². The minimum absolute atomic E-state index is 0.141. The number of Topliss-reactive ketones (excluding diaryl/α,β-unsaturated/α-hetero) is 3. The number of ether oxygens (including phenoxy) is 3. The van der Waals surface area contributed by atoms with E-state index in [0.29, 0.717) is 16.7 Å². The van der Waals surface area contributed by atoms with Crippen molar-refractivity contribution in [1.29, 1.82) is 0 Å². The molecule has 0 bridgehead atoms. The molecule has 3 aromatic carbocycles. The van der Waals surface area contributed by atoms with Crippen molar-refractivity contribution in [2.24, 2.45) is 0 Å². The van der Waals surface area contributed by atoms with Gasteiger partial charge in [0, 0.05) is 16.7 Å². The van der Waals surface area contributed by atoms with Crippen molar-refractivity contribution in [2.75, 3.05) is 13.2 Å². The van der Waals surface area contributed by atoms with Crippen molar-refractivity contribution in [3.8, 4) is 0 Å². The van der Waals surface area contributed by atoms with Gasteiger partial charge in [0.1, 0.15) is 13.2 Å². The third-order valence-electron chi connectivity index (χ3n) is 5.66. The Morgan fingerprint density at radius 1 is 0.462 bits per heavy atom. The van der Waals surface area contributed by atoms with Gasteiger partial charge in [0.25, 0.3) is 0 Å². The molecule has 0 unspecified atom stereocenters. The topological polar surface area (TPSA) is 130 Å². The van der Waals surface area contributed by atoms with E-state index in [0.717, 1.165) is 0 Å². The van der Waals surface area contributed by atoms with Crippen molar-refractivity contribution >= 4 is 35.3 Å². The van der Waals surface area contributed by atoms with Crippen LogP contribution in [0.1, 0.15) is 82.9 Å². The maximum Gasteiger partial charge on any atom is 0.338 e. The average molecular weight is 531 g/mol. The van der Waals surface area contributed by atoms with E-state index in [1.54, 1.807) is 0 Å². The molecule has 0 atom stereocenters. The maximum absolute atomic E-state index is 12.7. The van der Waals surface area contributed by atoms with Crippen LogP contribution in [0.4, 0.5) is 0 Å². The first kappa shape index (κ1) is 28.6. The quantitative estimate of drug-likeness (QED) is 0.199. The third-order valence-corrected chi connectivity index (χ3v) is 5.66. The molecule has 3 aromatic rings. The lowest BCUT2D eigenvalue weighted by Crippen LogP contribution is -2.31. The summed E-state index contributed by atoms with van der Waals surface area (Å²) in [7, 11) is 0. The zero-order chi connectivity index (χ0) is 28.5. The van der Waals surface area contributed by atoms with Gasteiger partial charge in [-0.25, -0.2) is 14.4 Å². The van der Waals surface area contributed by atoms with Crippen LogP contribution in [0.3, 0.4) is 0 Å². The lowest BCUT2D eigenvalue weighted by molar-refractivity contribution is -0.0253. The number of rotatable bonds is 11. The number of hydrogen-bond donors (Lipinski definition) is 0. The fraction of sp³-hybridized carbons (Fsp3) is 0.200. The molecule has 9 heteroatoms. The highest BCUT2D eigenvalue weighted by Crippen LogP contribution is 2.12. The van der Waals surface area contributed by atoms with Gasteiger partial charge in [-0.2, -0.15) is 0 Å².